The number of Topliss-reactive ketones (excluding diaryl/α,β-unsaturated/α-hetero) is 1. The van der Waals surface area contributed by atoms with Crippen LogP contribution in [-0.4, -0.2) is 25.0 Å². The highest BCUT2D eigenvalue weighted by Gasteiger charge is 2.42. The molecular weight excluding hydrogens is 326 g/mol. The van der Waals surface area contributed by atoms with Gasteiger partial charge in [0, 0.05) is 43.4 Å². The molecule has 0 fully saturated rings. The lowest BCUT2D eigenvalue weighted by Crippen LogP contribution is -2.33. The van der Waals surface area contributed by atoms with Gasteiger partial charge in [-0.25, -0.2) is 0 Å². The van der Waals surface area contributed by atoms with Gasteiger partial charge in [0.1, 0.15) is 0 Å². The second-order valence-corrected chi connectivity index (χ2v) is 8.39. The maximum atomic E-state index is 13.1. The summed E-state index contributed by atoms with van der Waals surface area (Å²) >= 11 is 0. The number of aromatic nitrogens is 1. The number of nitrogens with one attached hydrogen (secondary N) is 1. The van der Waals surface area contributed by atoms with Crippen LogP contribution in [0.25, 0.3) is 0 Å². The summed E-state index contributed by atoms with van der Waals surface area (Å²) < 4.78 is 5.54. The van der Waals surface area contributed by atoms with E-state index >= 15 is 0 Å². The summed E-state index contributed by atoms with van der Waals surface area (Å²) in [4.78, 5) is 15.2. The molecule has 2 aromatic rings. The van der Waals surface area contributed by atoms with Crippen LogP contribution in [0.4, 0.5) is 11.6 Å². The zero-order valence-corrected chi connectivity index (χ0v) is 16.0. The van der Waals surface area contributed by atoms with E-state index in [4.69, 9.17) is 4.52 Å². The molecule has 5 nitrogen and oxygen atoms in total. The monoisotopic (exact) mass is 351 g/mol. The van der Waals surface area contributed by atoms with E-state index < -0.39 is 0 Å². The van der Waals surface area contributed by atoms with Crippen LogP contribution in [0.1, 0.15) is 49.4 Å². The molecule has 1 aliphatic carbocycles. The Kier molecular flexibility index (Phi) is 3.72. The minimum atomic E-state index is -0.118. The van der Waals surface area contributed by atoms with Gasteiger partial charge in [-0.15, -0.1) is 0 Å². The largest absolute Gasteiger partial charge is 0.378 e. The molecule has 1 aromatic heterocycles. The molecule has 0 bridgehead atoms. The number of rotatable bonds is 2. The van der Waals surface area contributed by atoms with E-state index in [1.54, 1.807) is 0 Å². The number of hydrogen-bond donors (Lipinski definition) is 1. The first kappa shape index (κ1) is 16.9. The second kappa shape index (κ2) is 5.73. The first-order chi connectivity index (χ1) is 12.3. The van der Waals surface area contributed by atoms with Crippen molar-refractivity contribution in [3.63, 3.8) is 0 Å². The van der Waals surface area contributed by atoms with E-state index in [2.05, 4.69) is 53.5 Å². The first-order valence-corrected chi connectivity index (χ1v) is 9.03. The van der Waals surface area contributed by atoms with Crippen LogP contribution in [-0.2, 0) is 4.79 Å². The predicted molar refractivity (Wildman–Crippen MR) is 103 cm³/mol. The molecule has 1 aliphatic heterocycles. The number of carbonyl (C=O) groups is 1. The van der Waals surface area contributed by atoms with Gasteiger partial charge in [-0.1, -0.05) is 31.1 Å². The van der Waals surface area contributed by atoms with Gasteiger partial charge in [-0.05, 0) is 36.5 Å². The first-order valence-electron chi connectivity index (χ1n) is 9.03. The topological polar surface area (TPSA) is 58.4 Å². The summed E-state index contributed by atoms with van der Waals surface area (Å²) in [7, 11) is 4.05. The number of anilines is 2. The summed E-state index contributed by atoms with van der Waals surface area (Å²) in [6.07, 6.45) is 1.40. The van der Waals surface area contributed by atoms with Crippen molar-refractivity contribution in [1.82, 2.24) is 5.16 Å². The van der Waals surface area contributed by atoms with E-state index in [0.717, 1.165) is 40.2 Å². The molecule has 4 rings (SSSR count). The molecule has 1 N–H and O–H groups in total. The third-order valence-electron chi connectivity index (χ3n) is 5.41. The Bertz CT molecular complexity index is 904. The normalized spacial score (nSPS) is 21.1. The van der Waals surface area contributed by atoms with E-state index in [1.807, 2.05) is 21.0 Å². The molecule has 26 heavy (non-hydrogen) atoms. The average Bonchev–Trinajstić information content (AvgIpc) is 2.93. The summed E-state index contributed by atoms with van der Waals surface area (Å²) in [5.74, 6) is 0.775. The molecule has 1 atom stereocenters. The van der Waals surface area contributed by atoms with E-state index in [1.165, 1.54) is 0 Å². The fourth-order valence-electron chi connectivity index (χ4n) is 4.17. The Hall–Kier alpha value is -2.56. The fourth-order valence-corrected chi connectivity index (χ4v) is 4.17. The lowest BCUT2D eigenvalue weighted by Gasteiger charge is -2.37. The number of benzene rings is 1. The standard InChI is InChI=1S/C21H25N3O2/c1-12-17-18(13-6-8-14(9-7-13)24(4)5)19-15(22-20(17)26-23-12)10-21(2,3)11-16(19)25/h6-9,18,22H,10-11H2,1-5H3/t18-/m1/s1. The summed E-state index contributed by atoms with van der Waals surface area (Å²) in [6, 6.07) is 8.41. The highest BCUT2D eigenvalue weighted by molar-refractivity contribution is 6.01. The van der Waals surface area contributed by atoms with E-state index in [-0.39, 0.29) is 17.1 Å². The molecule has 2 aliphatic rings. The van der Waals surface area contributed by atoms with Gasteiger partial charge in [0.25, 0.3) is 0 Å². The molecule has 0 saturated heterocycles. The van der Waals surface area contributed by atoms with Crippen LogP contribution >= 0.6 is 0 Å². The lowest BCUT2D eigenvalue weighted by molar-refractivity contribution is -0.118. The number of nitrogens with zero attached hydrogens (tertiary/aromatic N) is 2. The molecule has 2 heterocycles. The Morgan fingerprint density at radius 3 is 2.54 bits per heavy atom. The van der Waals surface area contributed by atoms with Gasteiger partial charge >= 0.3 is 0 Å². The SMILES string of the molecule is Cc1noc2c1[C@@H](c1ccc(N(C)C)cc1)C1=C(CC(C)(C)CC1=O)N2. The molecular formula is C21H25N3O2. The zero-order valence-electron chi connectivity index (χ0n) is 16.0. The van der Waals surface area contributed by atoms with E-state index in [0.29, 0.717) is 12.3 Å². The highest BCUT2D eigenvalue weighted by atomic mass is 16.5. The molecule has 0 spiro atoms. The third-order valence-corrected chi connectivity index (χ3v) is 5.41. The van der Waals surface area contributed by atoms with Crippen LogP contribution in [0.15, 0.2) is 40.1 Å². The zero-order chi connectivity index (χ0) is 18.6. The second-order valence-electron chi connectivity index (χ2n) is 8.39. The number of ketones is 1. The summed E-state index contributed by atoms with van der Waals surface area (Å²) in [5.41, 5.74) is 5.86. The molecule has 0 radical (unpaired) electrons. The number of allylic oxidation sites excluding steroid dienone is 2. The van der Waals surface area contributed by atoms with Crippen molar-refractivity contribution in [3.05, 3.63) is 52.4 Å². The van der Waals surface area contributed by atoms with Crippen LogP contribution in [0.3, 0.4) is 0 Å². The maximum Gasteiger partial charge on any atom is 0.233 e. The molecule has 1 aromatic carbocycles. The van der Waals surface area contributed by atoms with Crippen molar-refractivity contribution in [2.45, 2.75) is 39.5 Å². The lowest BCUT2D eigenvalue weighted by atomic mass is 9.69. The van der Waals surface area contributed by atoms with Gasteiger partial charge in [0.2, 0.25) is 5.88 Å². The van der Waals surface area contributed by atoms with Crippen molar-refractivity contribution in [2.75, 3.05) is 24.3 Å². The summed E-state index contributed by atoms with van der Waals surface area (Å²) in [5, 5.41) is 7.51. The molecule has 136 valence electrons. The minimum absolute atomic E-state index is 0.0468. The predicted octanol–water partition coefficient (Wildman–Crippen LogP) is 4.25. The maximum absolute atomic E-state index is 13.1. The highest BCUT2D eigenvalue weighted by Crippen LogP contribution is 2.49. The van der Waals surface area contributed by atoms with Crippen molar-refractivity contribution in [3.8, 4) is 0 Å². The third kappa shape index (κ3) is 2.62. The van der Waals surface area contributed by atoms with Crippen LogP contribution < -0.4 is 10.2 Å². The van der Waals surface area contributed by atoms with Gasteiger partial charge in [0.05, 0.1) is 11.3 Å². The van der Waals surface area contributed by atoms with Gasteiger partial charge in [-0.3, -0.25) is 4.79 Å². The Balaban J connectivity index is 1.88. The van der Waals surface area contributed by atoms with Crippen LogP contribution in [0.2, 0.25) is 0 Å². The quantitative estimate of drug-likeness (QED) is 0.876. The van der Waals surface area contributed by atoms with Crippen molar-refractivity contribution in [2.24, 2.45) is 5.41 Å². The van der Waals surface area contributed by atoms with Crippen LogP contribution in [0, 0.1) is 12.3 Å². The minimum Gasteiger partial charge on any atom is -0.378 e. The Morgan fingerprint density at radius 1 is 1.19 bits per heavy atom. The number of hydrogen-bond acceptors (Lipinski definition) is 5. The van der Waals surface area contributed by atoms with E-state index in [9.17, 15) is 4.79 Å². The van der Waals surface area contributed by atoms with Gasteiger partial charge < -0.3 is 14.7 Å². The summed E-state index contributed by atoms with van der Waals surface area (Å²) in [6.45, 7) is 6.21. The Labute approximate surface area is 154 Å². The average molecular weight is 351 g/mol. The van der Waals surface area contributed by atoms with Crippen molar-refractivity contribution < 1.29 is 9.32 Å². The molecule has 0 amide bonds. The molecule has 0 saturated carbocycles. The molecule has 0 unspecified atom stereocenters. The number of aryl methyl sites for hydroxylation is 1. The van der Waals surface area contributed by atoms with Gasteiger partial charge in [0.15, 0.2) is 5.78 Å². The van der Waals surface area contributed by atoms with Gasteiger partial charge in [-0.2, -0.15) is 0 Å². The smallest absolute Gasteiger partial charge is 0.233 e. The fraction of sp³-hybridized carbons (Fsp3) is 0.429. The number of fused-ring (bicyclic) bond motifs is 1. The van der Waals surface area contributed by atoms with Crippen molar-refractivity contribution in [1.29, 1.82) is 0 Å². The van der Waals surface area contributed by atoms with Crippen molar-refractivity contribution >= 4 is 17.4 Å². The van der Waals surface area contributed by atoms with Crippen LogP contribution in [0.5, 0.6) is 0 Å². The molecule has 5 heteroatoms. The Morgan fingerprint density at radius 2 is 1.88 bits per heavy atom. The number of carbonyl (C=O) groups excluding carboxylic acids is 1.